The molecule has 0 saturated heterocycles. The summed E-state index contributed by atoms with van der Waals surface area (Å²) in [6.45, 7) is 17.8. The van der Waals surface area contributed by atoms with Gasteiger partial charge >= 0.3 is 24.2 Å². The molecule has 1 aliphatic heterocycles. The molecule has 3 aromatic carbocycles. The molecule has 2 unspecified atom stereocenters. The maximum absolute atomic E-state index is 15.7. The van der Waals surface area contributed by atoms with Crippen LogP contribution in [0.1, 0.15) is 110 Å². The number of aliphatic imine (C=N–C) groups is 1. The van der Waals surface area contributed by atoms with Crippen molar-refractivity contribution in [3.8, 4) is 28.4 Å². The number of carbonyl (C=O) groups is 6. The number of carboxylic acid groups (broad SMARTS) is 1. The summed E-state index contributed by atoms with van der Waals surface area (Å²) in [4.78, 5) is 84.5. The summed E-state index contributed by atoms with van der Waals surface area (Å²) in [5, 5.41) is 28.0. The van der Waals surface area contributed by atoms with Crippen LogP contribution in [0.25, 0.3) is 11.1 Å². The fourth-order valence-corrected chi connectivity index (χ4v) is 8.07. The molecule has 5 rings (SSSR count). The van der Waals surface area contributed by atoms with Gasteiger partial charge in [0.25, 0.3) is 0 Å². The van der Waals surface area contributed by atoms with Gasteiger partial charge in [0.1, 0.15) is 41.0 Å². The van der Waals surface area contributed by atoms with Crippen molar-refractivity contribution in [2.45, 2.75) is 123 Å². The highest BCUT2D eigenvalue weighted by Crippen LogP contribution is 2.42. The van der Waals surface area contributed by atoms with Crippen LogP contribution < -0.4 is 41.4 Å². The number of aromatic nitrogens is 1. The molecule has 23 heteroatoms. The van der Waals surface area contributed by atoms with Gasteiger partial charge in [-0.05, 0) is 142 Å². The zero-order chi connectivity index (χ0) is 55.8. The van der Waals surface area contributed by atoms with E-state index in [9.17, 15) is 33.9 Å². The number of ether oxygens (including phenoxy) is 6. The van der Waals surface area contributed by atoms with Gasteiger partial charge in [0.2, 0.25) is 17.8 Å². The quantitative estimate of drug-likeness (QED) is 0.0189. The highest BCUT2D eigenvalue weighted by atomic mass is 32.1. The lowest BCUT2D eigenvalue weighted by atomic mass is 9.81. The minimum Gasteiger partial charge on any atom is -0.487 e. The lowest BCUT2D eigenvalue weighted by molar-refractivity contribution is -0.123. The summed E-state index contributed by atoms with van der Waals surface area (Å²) in [7, 11) is 0. The smallest absolute Gasteiger partial charge is 0.414 e. The van der Waals surface area contributed by atoms with Crippen molar-refractivity contribution in [2.75, 3.05) is 44.8 Å². The second-order valence-corrected chi connectivity index (χ2v) is 21.6. The predicted octanol–water partition coefficient (Wildman–Crippen LogP) is 8.42. The maximum atomic E-state index is 15.7. The van der Waals surface area contributed by atoms with Crippen molar-refractivity contribution in [2.24, 2.45) is 4.99 Å². The zero-order valence-electron chi connectivity index (χ0n) is 44.5. The number of alkyl carbamates (subject to hydrolysis) is 3. The summed E-state index contributed by atoms with van der Waals surface area (Å²) in [5.74, 6) is -2.02. The fraction of sp³-hybridized carbons (Fsp3) is 0.472. The van der Waals surface area contributed by atoms with Gasteiger partial charge in [0.15, 0.2) is 16.6 Å². The lowest BCUT2D eigenvalue weighted by Gasteiger charge is -2.37. The Balaban J connectivity index is 1.24. The number of aromatic carboxylic acids is 1. The Hall–Kier alpha value is -7.37. The number of thiazole rings is 1. The minimum absolute atomic E-state index is 0.00229. The Labute approximate surface area is 445 Å². The molecule has 7 N–H and O–H groups in total. The topological polar surface area (TPSA) is 275 Å². The highest BCUT2D eigenvalue weighted by molar-refractivity contribution is 7.13. The Morgan fingerprint density at radius 3 is 2.11 bits per heavy atom. The van der Waals surface area contributed by atoms with E-state index < -0.39 is 64.4 Å². The van der Waals surface area contributed by atoms with Gasteiger partial charge in [-0.15, -0.1) is 11.3 Å². The molecule has 1 aliphatic rings. The number of guanidine groups is 1. The standard InChI is InChI=1S/C53H69FN8O13S/c1-50(2,3)73-47(67)59-39(12-11-20-56-45(61-48(68)74-51(4,5)6)62-49(69)75-52(7,8)9)43(64)55-22-24-70-25-26-71-40-28-34-19-21-58-53(10,31-42(63)60-46-57-23-27-76-46)37(34)30-41(40)72-35-17-18-36(38(54)29-35)32-13-15-33(16-14-32)44(65)66/h13-18,23,27-30,39,58H,11-12,19-22,24-26,31H2,1-10H3,(H,55,64)(H,59,67)(H,65,66)(H,57,60,63)(H2,56,61,62,68,69). The summed E-state index contributed by atoms with van der Waals surface area (Å²) in [6.07, 6.45) is -0.0117. The van der Waals surface area contributed by atoms with Gasteiger partial charge in [-0.25, -0.2) is 28.6 Å². The van der Waals surface area contributed by atoms with Crippen LogP contribution in [0.15, 0.2) is 71.2 Å². The molecule has 0 fully saturated rings. The number of fused-ring (bicyclic) bond motifs is 1. The minimum atomic E-state index is -1.10. The molecule has 0 spiro atoms. The third-order valence-corrected chi connectivity index (χ3v) is 11.4. The first kappa shape index (κ1) is 59.5. The van der Waals surface area contributed by atoms with E-state index in [0.29, 0.717) is 29.4 Å². The van der Waals surface area contributed by atoms with Gasteiger partial charge < -0.3 is 54.8 Å². The summed E-state index contributed by atoms with van der Waals surface area (Å²) < 4.78 is 50.1. The van der Waals surface area contributed by atoms with Crippen LogP contribution in [-0.2, 0) is 40.5 Å². The van der Waals surface area contributed by atoms with E-state index in [-0.39, 0.29) is 86.7 Å². The number of rotatable bonds is 20. The predicted molar refractivity (Wildman–Crippen MR) is 282 cm³/mol. The number of anilines is 1. The number of carboxylic acids is 1. The van der Waals surface area contributed by atoms with E-state index >= 15 is 4.39 Å². The zero-order valence-corrected chi connectivity index (χ0v) is 45.3. The summed E-state index contributed by atoms with van der Waals surface area (Å²) in [5.41, 5.74) is -0.914. The SMILES string of the molecule is CC(C)(C)OC(=O)NC(=NCCCC(NC(=O)OC(C)(C)C)C(=O)NCCOCCOc1cc2c(cc1Oc1ccc(-c3ccc(C(=O)O)cc3)c(F)c1)C(C)(CC(=O)Nc1nccs1)NCC2)NC(=O)OC(C)(C)C. The molecule has 5 amide bonds. The summed E-state index contributed by atoms with van der Waals surface area (Å²) in [6, 6.07) is 12.7. The van der Waals surface area contributed by atoms with Crippen molar-refractivity contribution in [3.05, 3.63) is 88.7 Å². The Kier molecular flexibility index (Phi) is 20.7. The molecule has 2 atom stereocenters. The largest absolute Gasteiger partial charge is 0.487 e. The van der Waals surface area contributed by atoms with Gasteiger partial charge in [-0.1, -0.05) is 12.1 Å². The van der Waals surface area contributed by atoms with E-state index in [2.05, 4.69) is 41.9 Å². The van der Waals surface area contributed by atoms with Crippen molar-refractivity contribution in [1.82, 2.24) is 31.6 Å². The van der Waals surface area contributed by atoms with E-state index in [1.807, 2.05) is 13.0 Å². The molecule has 0 saturated carbocycles. The van der Waals surface area contributed by atoms with Gasteiger partial charge in [-0.3, -0.25) is 25.2 Å². The molecule has 76 heavy (non-hydrogen) atoms. The third-order valence-electron chi connectivity index (χ3n) is 10.7. The van der Waals surface area contributed by atoms with Crippen molar-refractivity contribution < 1.29 is 66.7 Å². The average Bonchev–Trinajstić information content (AvgIpc) is 3.81. The number of hydrogen-bond donors (Lipinski definition) is 7. The van der Waals surface area contributed by atoms with Crippen LogP contribution in [0.3, 0.4) is 0 Å². The molecule has 0 radical (unpaired) electrons. The average molecular weight is 1080 g/mol. The fourth-order valence-electron chi connectivity index (χ4n) is 7.52. The molecule has 21 nitrogen and oxygen atoms in total. The number of benzene rings is 3. The molecular weight excluding hydrogens is 1010 g/mol. The number of carbonyl (C=O) groups excluding carboxylic acids is 5. The second kappa shape index (κ2) is 26.4. The van der Waals surface area contributed by atoms with Crippen LogP contribution in [0.5, 0.6) is 17.2 Å². The van der Waals surface area contributed by atoms with Gasteiger partial charge in [-0.2, -0.15) is 0 Å². The number of amides is 5. The molecule has 412 valence electrons. The normalized spacial score (nSPS) is 14.7. The summed E-state index contributed by atoms with van der Waals surface area (Å²) >= 11 is 1.30. The third kappa shape index (κ3) is 19.7. The first-order chi connectivity index (χ1) is 35.6. The Bertz CT molecular complexity index is 2670. The van der Waals surface area contributed by atoms with E-state index in [1.165, 1.54) is 47.7 Å². The van der Waals surface area contributed by atoms with E-state index in [4.69, 9.17) is 28.4 Å². The van der Waals surface area contributed by atoms with E-state index in [0.717, 1.165) is 11.1 Å². The number of halogens is 1. The maximum Gasteiger partial charge on any atom is 0.414 e. The van der Waals surface area contributed by atoms with Gasteiger partial charge in [0.05, 0.1) is 18.8 Å². The van der Waals surface area contributed by atoms with Crippen molar-refractivity contribution in [3.63, 3.8) is 0 Å². The van der Waals surface area contributed by atoms with Crippen LogP contribution in [-0.4, -0.2) is 114 Å². The Morgan fingerprint density at radius 2 is 1.50 bits per heavy atom. The number of nitrogens with one attached hydrogen (secondary N) is 6. The number of nitrogens with zero attached hydrogens (tertiary/aromatic N) is 2. The molecule has 4 aromatic rings. The number of hydrogen-bond acceptors (Lipinski definition) is 16. The first-order valence-electron chi connectivity index (χ1n) is 24.6. The van der Waals surface area contributed by atoms with Crippen LogP contribution >= 0.6 is 11.3 Å². The monoisotopic (exact) mass is 1080 g/mol. The van der Waals surface area contributed by atoms with Gasteiger partial charge in [0, 0.05) is 54.8 Å². The molecule has 1 aromatic heterocycles. The Morgan fingerprint density at radius 1 is 0.842 bits per heavy atom. The first-order valence-corrected chi connectivity index (χ1v) is 25.5. The highest BCUT2D eigenvalue weighted by Gasteiger charge is 2.36. The van der Waals surface area contributed by atoms with Crippen molar-refractivity contribution >= 4 is 58.5 Å². The molecule has 2 heterocycles. The van der Waals surface area contributed by atoms with Crippen LogP contribution in [0.2, 0.25) is 0 Å². The molecular formula is C53H69FN8O13S. The second-order valence-electron chi connectivity index (χ2n) is 20.7. The van der Waals surface area contributed by atoms with Crippen LogP contribution in [0, 0.1) is 5.82 Å². The lowest BCUT2D eigenvalue weighted by Crippen LogP contribution is -2.49. The van der Waals surface area contributed by atoms with Crippen LogP contribution in [0.4, 0.5) is 23.9 Å². The van der Waals surface area contributed by atoms with Crippen molar-refractivity contribution in [1.29, 1.82) is 0 Å². The van der Waals surface area contributed by atoms with E-state index in [1.54, 1.807) is 86.0 Å². The molecule has 0 aliphatic carbocycles. The molecule has 0 bridgehead atoms.